The minimum absolute atomic E-state index is 0.0225. The highest BCUT2D eigenvalue weighted by Crippen LogP contribution is 2.23. The lowest BCUT2D eigenvalue weighted by Crippen LogP contribution is -2.30. The van der Waals surface area contributed by atoms with Crippen molar-refractivity contribution in [3.05, 3.63) is 39.9 Å². The van der Waals surface area contributed by atoms with Gasteiger partial charge in [-0.3, -0.25) is 14.9 Å². The summed E-state index contributed by atoms with van der Waals surface area (Å²) in [6.07, 6.45) is 1.19. The Bertz CT molecular complexity index is 505. The molecule has 0 saturated carbocycles. The van der Waals surface area contributed by atoms with E-state index in [2.05, 4.69) is 0 Å². The van der Waals surface area contributed by atoms with E-state index in [-0.39, 0.29) is 17.6 Å². The van der Waals surface area contributed by atoms with Crippen molar-refractivity contribution >= 4 is 11.6 Å². The lowest BCUT2D eigenvalue weighted by atomic mass is 10.0. The maximum absolute atomic E-state index is 12.1. The van der Waals surface area contributed by atoms with E-state index in [1.54, 1.807) is 24.1 Å². The maximum atomic E-state index is 12.1. The molecule has 116 valence electrons. The second-order valence-corrected chi connectivity index (χ2v) is 5.41. The number of carbonyl (C=O) groups excluding carboxylic acids is 1. The van der Waals surface area contributed by atoms with Crippen molar-refractivity contribution in [1.29, 1.82) is 0 Å². The second kappa shape index (κ2) is 7.73. The first-order chi connectivity index (χ1) is 9.86. The Morgan fingerprint density at radius 2 is 2.10 bits per heavy atom. The van der Waals surface area contributed by atoms with Gasteiger partial charge in [-0.2, -0.15) is 0 Å². The maximum Gasteiger partial charge on any atom is 0.269 e. The zero-order valence-electron chi connectivity index (χ0n) is 12.8. The number of nitro groups is 1. The number of rotatable bonds is 7. The number of nitro benzene ring substituents is 1. The topological polar surface area (TPSA) is 89.5 Å². The fourth-order valence-corrected chi connectivity index (χ4v) is 2.00. The fraction of sp³-hybridized carbons (Fsp3) is 0.533. The van der Waals surface area contributed by atoms with Crippen LogP contribution in [-0.4, -0.2) is 29.3 Å². The Morgan fingerprint density at radius 3 is 2.67 bits per heavy atom. The molecule has 0 radical (unpaired) electrons. The largest absolute Gasteiger partial charge is 0.339 e. The summed E-state index contributed by atoms with van der Waals surface area (Å²) in [6.45, 7) is 4.44. The fourth-order valence-electron chi connectivity index (χ4n) is 2.00. The minimum Gasteiger partial charge on any atom is -0.339 e. The highest BCUT2D eigenvalue weighted by atomic mass is 16.6. The van der Waals surface area contributed by atoms with E-state index in [4.69, 9.17) is 5.73 Å². The number of hydrogen-bond donors (Lipinski definition) is 1. The molecule has 0 aromatic heterocycles. The molecule has 2 N–H and O–H groups in total. The second-order valence-electron chi connectivity index (χ2n) is 5.41. The molecule has 1 aromatic rings. The van der Waals surface area contributed by atoms with E-state index in [0.717, 1.165) is 12.0 Å². The molecule has 0 spiro atoms. The standard InChI is InChI=1S/C15H23N3O3/c1-11(10-16)7-8-15(19)17(3)12(2)13-5-4-6-14(9-13)18(20)21/h4-6,9,11-12H,7-8,10,16H2,1-3H3. The summed E-state index contributed by atoms with van der Waals surface area (Å²) < 4.78 is 0. The summed E-state index contributed by atoms with van der Waals surface area (Å²) in [5.41, 5.74) is 6.34. The van der Waals surface area contributed by atoms with Crippen LogP contribution < -0.4 is 5.73 Å². The van der Waals surface area contributed by atoms with E-state index in [1.807, 2.05) is 13.8 Å². The van der Waals surface area contributed by atoms with E-state index < -0.39 is 4.92 Å². The Balaban J connectivity index is 2.73. The molecule has 0 bridgehead atoms. The number of non-ortho nitro benzene ring substituents is 1. The molecule has 0 aliphatic rings. The van der Waals surface area contributed by atoms with Gasteiger partial charge in [-0.1, -0.05) is 19.1 Å². The van der Waals surface area contributed by atoms with Crippen LogP contribution in [0.5, 0.6) is 0 Å². The van der Waals surface area contributed by atoms with Gasteiger partial charge in [0, 0.05) is 25.6 Å². The lowest BCUT2D eigenvalue weighted by molar-refractivity contribution is -0.384. The summed E-state index contributed by atoms with van der Waals surface area (Å²) in [4.78, 5) is 24.1. The Hall–Kier alpha value is -1.95. The van der Waals surface area contributed by atoms with E-state index in [0.29, 0.717) is 18.9 Å². The number of benzene rings is 1. The van der Waals surface area contributed by atoms with Crippen LogP contribution in [0.15, 0.2) is 24.3 Å². The molecule has 1 amide bonds. The van der Waals surface area contributed by atoms with Crippen molar-refractivity contribution in [3.8, 4) is 0 Å². The summed E-state index contributed by atoms with van der Waals surface area (Å²) in [6, 6.07) is 6.19. The van der Waals surface area contributed by atoms with Crippen LogP contribution in [0.25, 0.3) is 0 Å². The smallest absolute Gasteiger partial charge is 0.269 e. The SMILES string of the molecule is CC(CN)CCC(=O)N(C)C(C)c1cccc([N+](=O)[O-])c1. The zero-order valence-corrected chi connectivity index (χ0v) is 12.8. The minimum atomic E-state index is -0.430. The van der Waals surface area contributed by atoms with Crippen LogP contribution in [-0.2, 0) is 4.79 Å². The monoisotopic (exact) mass is 293 g/mol. The Morgan fingerprint density at radius 1 is 1.43 bits per heavy atom. The van der Waals surface area contributed by atoms with Gasteiger partial charge in [0.05, 0.1) is 11.0 Å². The molecule has 0 aliphatic heterocycles. The van der Waals surface area contributed by atoms with E-state index >= 15 is 0 Å². The molecular formula is C15H23N3O3. The van der Waals surface area contributed by atoms with E-state index in [1.165, 1.54) is 12.1 Å². The number of nitrogens with zero attached hydrogens (tertiary/aromatic N) is 2. The molecule has 0 saturated heterocycles. The summed E-state index contributed by atoms with van der Waals surface area (Å²) in [7, 11) is 1.72. The third-order valence-electron chi connectivity index (χ3n) is 3.79. The van der Waals surface area contributed by atoms with Gasteiger partial charge in [-0.15, -0.1) is 0 Å². The van der Waals surface area contributed by atoms with Gasteiger partial charge in [-0.25, -0.2) is 0 Å². The van der Waals surface area contributed by atoms with Crippen molar-refractivity contribution in [2.24, 2.45) is 11.7 Å². The number of hydrogen-bond acceptors (Lipinski definition) is 4. The predicted molar refractivity (Wildman–Crippen MR) is 81.7 cm³/mol. The molecule has 0 heterocycles. The molecule has 0 aliphatic carbocycles. The quantitative estimate of drug-likeness (QED) is 0.617. The van der Waals surface area contributed by atoms with Gasteiger partial charge >= 0.3 is 0 Å². The molecule has 0 fully saturated rings. The number of amides is 1. The van der Waals surface area contributed by atoms with Crippen LogP contribution in [0.3, 0.4) is 0 Å². The Kier molecular flexibility index (Phi) is 6.30. The first-order valence-electron chi connectivity index (χ1n) is 7.06. The molecular weight excluding hydrogens is 270 g/mol. The van der Waals surface area contributed by atoms with Gasteiger partial charge in [0.1, 0.15) is 0 Å². The number of carbonyl (C=O) groups is 1. The Labute approximate surface area is 125 Å². The molecule has 6 nitrogen and oxygen atoms in total. The van der Waals surface area contributed by atoms with Gasteiger partial charge in [-0.05, 0) is 31.4 Å². The summed E-state index contributed by atoms with van der Waals surface area (Å²) in [5, 5.41) is 10.8. The van der Waals surface area contributed by atoms with Crippen LogP contribution in [0.1, 0.15) is 38.3 Å². The van der Waals surface area contributed by atoms with Crippen LogP contribution in [0, 0.1) is 16.0 Å². The predicted octanol–water partition coefficient (Wildman–Crippen LogP) is 2.49. The van der Waals surface area contributed by atoms with Crippen LogP contribution in [0.2, 0.25) is 0 Å². The first-order valence-corrected chi connectivity index (χ1v) is 7.06. The average Bonchev–Trinajstić information content (AvgIpc) is 2.50. The zero-order chi connectivity index (χ0) is 16.0. The molecule has 2 unspecified atom stereocenters. The van der Waals surface area contributed by atoms with Gasteiger partial charge in [0.25, 0.3) is 5.69 Å². The molecule has 1 rings (SSSR count). The van der Waals surface area contributed by atoms with Crippen molar-refractivity contribution in [2.75, 3.05) is 13.6 Å². The van der Waals surface area contributed by atoms with Crippen LogP contribution in [0.4, 0.5) is 5.69 Å². The lowest BCUT2D eigenvalue weighted by Gasteiger charge is -2.25. The van der Waals surface area contributed by atoms with Gasteiger partial charge < -0.3 is 10.6 Å². The molecule has 6 heteroatoms. The molecule has 2 atom stereocenters. The van der Waals surface area contributed by atoms with Gasteiger partial charge in [0.15, 0.2) is 0 Å². The summed E-state index contributed by atoms with van der Waals surface area (Å²) in [5.74, 6) is 0.338. The number of nitrogens with two attached hydrogens (primary N) is 1. The normalized spacial score (nSPS) is 13.5. The highest BCUT2D eigenvalue weighted by Gasteiger charge is 2.19. The van der Waals surface area contributed by atoms with Crippen molar-refractivity contribution in [3.63, 3.8) is 0 Å². The van der Waals surface area contributed by atoms with Gasteiger partial charge in [0.2, 0.25) is 5.91 Å². The third kappa shape index (κ3) is 4.82. The van der Waals surface area contributed by atoms with Crippen molar-refractivity contribution < 1.29 is 9.72 Å². The van der Waals surface area contributed by atoms with E-state index in [9.17, 15) is 14.9 Å². The highest BCUT2D eigenvalue weighted by molar-refractivity contribution is 5.76. The average molecular weight is 293 g/mol. The van der Waals surface area contributed by atoms with Crippen LogP contribution >= 0.6 is 0 Å². The van der Waals surface area contributed by atoms with Crippen molar-refractivity contribution in [1.82, 2.24) is 4.90 Å². The molecule has 21 heavy (non-hydrogen) atoms. The van der Waals surface area contributed by atoms with Crippen molar-refractivity contribution in [2.45, 2.75) is 32.7 Å². The molecule has 1 aromatic carbocycles. The third-order valence-corrected chi connectivity index (χ3v) is 3.79. The summed E-state index contributed by atoms with van der Waals surface area (Å²) >= 11 is 0. The first kappa shape index (κ1) is 17.1.